The fourth-order valence-corrected chi connectivity index (χ4v) is 2.81. The first-order valence-corrected chi connectivity index (χ1v) is 7.25. The molecule has 0 radical (unpaired) electrons. The molecule has 1 aliphatic rings. The Morgan fingerprint density at radius 2 is 2.05 bits per heavy atom. The summed E-state index contributed by atoms with van der Waals surface area (Å²) in [6.07, 6.45) is 1.96. The van der Waals surface area contributed by atoms with Crippen LogP contribution in [0, 0.1) is 0 Å². The van der Waals surface area contributed by atoms with Gasteiger partial charge in [0.25, 0.3) is 0 Å². The highest BCUT2D eigenvalue weighted by molar-refractivity contribution is 5.89. The maximum Gasteiger partial charge on any atom is 0.327 e. The number of carbonyl (C=O) groups is 1. The molecule has 2 heterocycles. The first kappa shape index (κ1) is 14.2. The molecule has 7 nitrogen and oxygen atoms in total. The number of hydrogen-bond acceptors (Lipinski definition) is 3. The van der Waals surface area contributed by atoms with Gasteiger partial charge in [-0.3, -0.25) is 15.3 Å². The highest BCUT2D eigenvalue weighted by Crippen LogP contribution is 2.27. The van der Waals surface area contributed by atoms with E-state index in [1.54, 1.807) is 4.90 Å². The van der Waals surface area contributed by atoms with E-state index < -0.39 is 5.69 Å². The van der Waals surface area contributed by atoms with E-state index in [-0.39, 0.29) is 17.7 Å². The molecule has 1 aromatic carbocycles. The van der Waals surface area contributed by atoms with Crippen molar-refractivity contribution in [2.24, 2.45) is 0 Å². The van der Waals surface area contributed by atoms with Crippen LogP contribution in [0.5, 0.6) is 5.88 Å². The summed E-state index contributed by atoms with van der Waals surface area (Å²) in [5.41, 5.74) is 0.659. The number of hydrogen-bond donors (Lipinski definition) is 4. The molecule has 0 saturated carbocycles. The number of anilines is 1. The van der Waals surface area contributed by atoms with Crippen molar-refractivity contribution in [3.8, 4) is 5.88 Å². The number of aromatic nitrogens is 2. The van der Waals surface area contributed by atoms with Gasteiger partial charge in [-0.05, 0) is 18.4 Å². The van der Waals surface area contributed by atoms with Crippen LogP contribution in [0.4, 0.5) is 10.6 Å². The van der Waals surface area contributed by atoms with E-state index in [1.165, 1.54) is 5.56 Å². The maximum absolute atomic E-state index is 12.3. The highest BCUT2D eigenvalue weighted by Gasteiger charge is 2.25. The van der Waals surface area contributed by atoms with Gasteiger partial charge in [0.2, 0.25) is 5.88 Å². The number of aromatic amines is 2. The molecule has 0 spiro atoms. The minimum Gasteiger partial charge on any atom is -0.492 e. The average molecular weight is 302 g/mol. The van der Waals surface area contributed by atoms with E-state index in [9.17, 15) is 14.7 Å². The molecule has 2 amide bonds. The van der Waals surface area contributed by atoms with Crippen molar-refractivity contribution in [1.82, 2.24) is 14.9 Å². The third-order valence-electron chi connectivity index (χ3n) is 3.92. The molecular formula is C15H18N4O3. The summed E-state index contributed by atoms with van der Waals surface area (Å²) in [5.74, 6) is -0.0635. The number of aromatic hydroxyl groups is 1. The number of likely N-dealkylation sites (tertiary alicyclic amines) is 1. The van der Waals surface area contributed by atoms with Crippen LogP contribution in [0.2, 0.25) is 0 Å². The largest absolute Gasteiger partial charge is 0.492 e. The second-order valence-corrected chi connectivity index (χ2v) is 5.43. The quantitative estimate of drug-likeness (QED) is 0.680. The van der Waals surface area contributed by atoms with Gasteiger partial charge in [-0.25, -0.2) is 9.59 Å². The topological polar surface area (TPSA) is 101 Å². The number of urea groups is 1. The Hall–Kier alpha value is -2.70. The molecule has 22 heavy (non-hydrogen) atoms. The number of piperidine rings is 1. The van der Waals surface area contributed by atoms with Gasteiger partial charge in [0.15, 0.2) is 5.82 Å². The normalized spacial score (nSPS) is 18.2. The van der Waals surface area contributed by atoms with E-state index in [1.807, 2.05) is 18.2 Å². The molecule has 1 unspecified atom stereocenters. The van der Waals surface area contributed by atoms with Crippen molar-refractivity contribution >= 4 is 11.8 Å². The number of rotatable bonds is 2. The van der Waals surface area contributed by atoms with Crippen LogP contribution in [0.1, 0.15) is 24.3 Å². The molecule has 1 saturated heterocycles. The van der Waals surface area contributed by atoms with Crippen molar-refractivity contribution in [1.29, 1.82) is 0 Å². The minimum absolute atomic E-state index is 0.00293. The van der Waals surface area contributed by atoms with Gasteiger partial charge in [-0.1, -0.05) is 30.3 Å². The summed E-state index contributed by atoms with van der Waals surface area (Å²) >= 11 is 0. The zero-order valence-corrected chi connectivity index (χ0v) is 12.0. The monoisotopic (exact) mass is 302 g/mol. The second kappa shape index (κ2) is 5.97. The van der Waals surface area contributed by atoms with Crippen molar-refractivity contribution in [3.63, 3.8) is 0 Å². The lowest BCUT2D eigenvalue weighted by Gasteiger charge is -2.32. The Balaban J connectivity index is 1.68. The highest BCUT2D eigenvalue weighted by atomic mass is 16.3. The van der Waals surface area contributed by atoms with Crippen LogP contribution in [0.25, 0.3) is 0 Å². The number of H-pyrrole nitrogens is 2. The number of carbonyl (C=O) groups excluding carboxylic acids is 1. The number of imidazole rings is 1. The van der Waals surface area contributed by atoms with Crippen molar-refractivity contribution in [3.05, 3.63) is 46.4 Å². The van der Waals surface area contributed by atoms with E-state index >= 15 is 0 Å². The predicted octanol–water partition coefficient (Wildman–Crippen LogP) is 1.82. The minimum atomic E-state index is -0.561. The first-order valence-electron chi connectivity index (χ1n) is 7.25. The molecule has 4 N–H and O–H groups in total. The zero-order valence-electron chi connectivity index (χ0n) is 12.0. The maximum atomic E-state index is 12.3. The first-order chi connectivity index (χ1) is 10.6. The number of nitrogens with one attached hydrogen (secondary N) is 3. The van der Waals surface area contributed by atoms with Gasteiger partial charge in [0.05, 0.1) is 0 Å². The molecule has 1 atom stereocenters. The molecule has 1 fully saturated rings. The molecule has 0 aliphatic carbocycles. The summed E-state index contributed by atoms with van der Waals surface area (Å²) in [4.78, 5) is 29.5. The van der Waals surface area contributed by atoms with E-state index in [0.29, 0.717) is 19.0 Å². The Bertz CT molecular complexity index is 707. The third-order valence-corrected chi connectivity index (χ3v) is 3.92. The summed E-state index contributed by atoms with van der Waals surface area (Å²) in [6, 6.07) is 9.78. The molecule has 116 valence electrons. The Morgan fingerprint density at radius 1 is 1.27 bits per heavy atom. The van der Waals surface area contributed by atoms with Gasteiger partial charge in [-0.2, -0.15) is 0 Å². The van der Waals surface area contributed by atoms with Crippen LogP contribution in [0.3, 0.4) is 0 Å². The number of nitrogens with zero attached hydrogens (tertiary/aromatic N) is 1. The lowest BCUT2D eigenvalue weighted by Crippen LogP contribution is -2.41. The zero-order chi connectivity index (χ0) is 15.5. The summed E-state index contributed by atoms with van der Waals surface area (Å²) in [5, 5.41) is 12.0. The number of benzene rings is 1. The predicted molar refractivity (Wildman–Crippen MR) is 82.1 cm³/mol. The lowest BCUT2D eigenvalue weighted by molar-refractivity contribution is 0.192. The third kappa shape index (κ3) is 2.98. The molecule has 2 aromatic rings. The van der Waals surface area contributed by atoms with Gasteiger partial charge in [0.1, 0.15) is 0 Å². The molecule has 1 aliphatic heterocycles. The smallest absolute Gasteiger partial charge is 0.327 e. The van der Waals surface area contributed by atoms with E-state index in [2.05, 4.69) is 27.4 Å². The van der Waals surface area contributed by atoms with Crippen molar-refractivity contribution in [2.75, 3.05) is 18.4 Å². The van der Waals surface area contributed by atoms with Crippen LogP contribution >= 0.6 is 0 Å². The van der Waals surface area contributed by atoms with Crippen molar-refractivity contribution < 1.29 is 9.90 Å². The summed E-state index contributed by atoms with van der Waals surface area (Å²) < 4.78 is 0. The molecular weight excluding hydrogens is 284 g/mol. The lowest BCUT2D eigenvalue weighted by atomic mass is 9.91. The number of amides is 2. The standard InChI is InChI=1S/C15H18N4O3/c20-13-12(16-14(21)18-13)17-15(22)19-8-4-7-11(9-19)10-5-2-1-3-6-10/h1-3,5-6,11,20H,4,7-9H2,(H,17,22)(H2,16,18,21). The van der Waals surface area contributed by atoms with Gasteiger partial charge < -0.3 is 10.0 Å². The molecule has 1 aromatic heterocycles. The Labute approximate surface area is 127 Å². The fourth-order valence-electron chi connectivity index (χ4n) is 2.81. The molecule has 3 rings (SSSR count). The summed E-state index contributed by atoms with van der Waals surface area (Å²) in [6.45, 7) is 1.27. The average Bonchev–Trinajstić information content (AvgIpc) is 2.86. The van der Waals surface area contributed by atoms with Crippen molar-refractivity contribution in [2.45, 2.75) is 18.8 Å². The fraction of sp³-hybridized carbons (Fsp3) is 0.333. The molecule has 7 heteroatoms. The summed E-state index contributed by atoms with van der Waals surface area (Å²) in [7, 11) is 0. The van der Waals surface area contributed by atoms with Gasteiger partial charge in [-0.15, -0.1) is 0 Å². The van der Waals surface area contributed by atoms with Gasteiger partial charge in [0, 0.05) is 19.0 Å². The van der Waals surface area contributed by atoms with Crippen LogP contribution < -0.4 is 11.0 Å². The second-order valence-electron chi connectivity index (χ2n) is 5.43. The van der Waals surface area contributed by atoms with Crippen LogP contribution in [-0.4, -0.2) is 39.1 Å². The Morgan fingerprint density at radius 3 is 2.73 bits per heavy atom. The van der Waals surface area contributed by atoms with Crippen LogP contribution in [-0.2, 0) is 0 Å². The SMILES string of the molecule is O=C(Nc1[nH]c(=O)[nH]c1O)N1CCCC(c2ccccc2)C1. The van der Waals surface area contributed by atoms with E-state index in [4.69, 9.17) is 0 Å². The van der Waals surface area contributed by atoms with E-state index in [0.717, 1.165) is 12.8 Å². The molecule has 0 bridgehead atoms. The van der Waals surface area contributed by atoms with Gasteiger partial charge >= 0.3 is 11.7 Å². The van der Waals surface area contributed by atoms with Crippen LogP contribution in [0.15, 0.2) is 35.1 Å². The Kier molecular flexibility index (Phi) is 3.86.